The van der Waals surface area contributed by atoms with Crippen LogP contribution in [-0.2, 0) is 6.54 Å². The average Bonchev–Trinajstić information content (AvgIpc) is 2.16. The lowest BCUT2D eigenvalue weighted by atomic mass is 9.98. The standard InChI is InChI=1S/C11H10N2/c1-13-7-9-4-2-3-5-11(9)10(6-12)8-13/h2-5,8H,7H2,1H3. The third kappa shape index (κ3) is 1.29. The molecule has 1 aliphatic rings. The molecule has 0 unspecified atom stereocenters. The Hall–Kier alpha value is -1.75. The molecular formula is C11H10N2. The van der Waals surface area contributed by atoms with Crippen LogP contribution < -0.4 is 0 Å². The van der Waals surface area contributed by atoms with Crippen LogP contribution in [0, 0.1) is 11.3 Å². The maximum Gasteiger partial charge on any atom is 0.101 e. The summed E-state index contributed by atoms with van der Waals surface area (Å²) < 4.78 is 0. The molecule has 2 rings (SSSR count). The molecule has 0 atom stereocenters. The zero-order chi connectivity index (χ0) is 9.26. The summed E-state index contributed by atoms with van der Waals surface area (Å²) in [5, 5.41) is 8.91. The monoisotopic (exact) mass is 170 g/mol. The zero-order valence-electron chi connectivity index (χ0n) is 7.49. The van der Waals surface area contributed by atoms with Crippen molar-refractivity contribution in [1.82, 2.24) is 4.90 Å². The van der Waals surface area contributed by atoms with E-state index in [1.807, 2.05) is 36.3 Å². The van der Waals surface area contributed by atoms with Gasteiger partial charge in [-0.15, -0.1) is 0 Å². The van der Waals surface area contributed by atoms with Crippen LogP contribution >= 0.6 is 0 Å². The van der Waals surface area contributed by atoms with Crippen molar-refractivity contribution in [3.05, 3.63) is 41.6 Å². The van der Waals surface area contributed by atoms with E-state index in [1.165, 1.54) is 5.56 Å². The first-order chi connectivity index (χ1) is 6.31. The van der Waals surface area contributed by atoms with Crippen LogP contribution in [0.15, 0.2) is 30.5 Å². The maximum absolute atomic E-state index is 8.91. The van der Waals surface area contributed by atoms with E-state index >= 15 is 0 Å². The molecule has 1 heterocycles. The first kappa shape index (κ1) is 7.88. The summed E-state index contributed by atoms with van der Waals surface area (Å²) in [4.78, 5) is 2.03. The number of nitrogens with zero attached hydrogens (tertiary/aromatic N) is 2. The van der Waals surface area contributed by atoms with Gasteiger partial charge in [-0.2, -0.15) is 5.26 Å². The van der Waals surface area contributed by atoms with Crippen molar-refractivity contribution in [2.24, 2.45) is 0 Å². The van der Waals surface area contributed by atoms with E-state index < -0.39 is 0 Å². The molecular weight excluding hydrogens is 160 g/mol. The summed E-state index contributed by atoms with van der Waals surface area (Å²) in [6, 6.07) is 10.2. The van der Waals surface area contributed by atoms with Gasteiger partial charge in [0.1, 0.15) is 6.07 Å². The number of nitriles is 1. The van der Waals surface area contributed by atoms with Crippen molar-refractivity contribution in [2.75, 3.05) is 7.05 Å². The van der Waals surface area contributed by atoms with E-state index in [0.717, 1.165) is 17.7 Å². The minimum atomic E-state index is 0.754. The molecule has 0 bridgehead atoms. The fourth-order valence-electron chi connectivity index (χ4n) is 1.61. The van der Waals surface area contributed by atoms with Gasteiger partial charge in [0.15, 0.2) is 0 Å². The van der Waals surface area contributed by atoms with Gasteiger partial charge in [0.2, 0.25) is 0 Å². The summed E-state index contributed by atoms with van der Waals surface area (Å²) >= 11 is 0. The highest BCUT2D eigenvalue weighted by Crippen LogP contribution is 2.24. The quantitative estimate of drug-likeness (QED) is 0.595. The van der Waals surface area contributed by atoms with Crippen LogP contribution in [0.5, 0.6) is 0 Å². The van der Waals surface area contributed by atoms with Crippen LogP contribution in [0.4, 0.5) is 0 Å². The van der Waals surface area contributed by atoms with Crippen molar-refractivity contribution in [3.63, 3.8) is 0 Å². The van der Waals surface area contributed by atoms with Gasteiger partial charge in [0, 0.05) is 19.8 Å². The molecule has 1 aromatic carbocycles. The van der Waals surface area contributed by atoms with Crippen molar-refractivity contribution < 1.29 is 0 Å². The van der Waals surface area contributed by atoms with Crippen LogP contribution in [-0.4, -0.2) is 11.9 Å². The Morgan fingerprint density at radius 2 is 2.15 bits per heavy atom. The highest BCUT2D eigenvalue weighted by molar-refractivity contribution is 5.79. The molecule has 0 saturated carbocycles. The van der Waals surface area contributed by atoms with Crippen LogP contribution in [0.2, 0.25) is 0 Å². The molecule has 0 saturated heterocycles. The third-order valence-electron chi connectivity index (χ3n) is 2.20. The third-order valence-corrected chi connectivity index (χ3v) is 2.20. The summed E-state index contributed by atoms with van der Waals surface area (Å²) in [6.45, 7) is 0.890. The molecule has 0 amide bonds. The van der Waals surface area contributed by atoms with Crippen molar-refractivity contribution >= 4 is 5.57 Å². The number of hydrogen-bond acceptors (Lipinski definition) is 2. The molecule has 0 N–H and O–H groups in total. The van der Waals surface area contributed by atoms with Gasteiger partial charge < -0.3 is 4.90 Å². The highest BCUT2D eigenvalue weighted by atomic mass is 15.1. The number of allylic oxidation sites excluding steroid dienone is 1. The van der Waals surface area contributed by atoms with Crippen molar-refractivity contribution in [2.45, 2.75) is 6.54 Å². The average molecular weight is 170 g/mol. The molecule has 13 heavy (non-hydrogen) atoms. The number of hydrogen-bond donors (Lipinski definition) is 0. The molecule has 1 aliphatic heterocycles. The van der Waals surface area contributed by atoms with E-state index in [9.17, 15) is 0 Å². The fourth-order valence-corrected chi connectivity index (χ4v) is 1.61. The Bertz CT molecular complexity index is 399. The zero-order valence-corrected chi connectivity index (χ0v) is 7.49. The summed E-state index contributed by atoms with van der Waals surface area (Å²) in [5.74, 6) is 0. The number of fused-ring (bicyclic) bond motifs is 1. The van der Waals surface area contributed by atoms with E-state index in [1.54, 1.807) is 0 Å². The van der Waals surface area contributed by atoms with Gasteiger partial charge in [-0.25, -0.2) is 0 Å². The largest absolute Gasteiger partial charge is 0.375 e. The van der Waals surface area contributed by atoms with Crippen LogP contribution in [0.25, 0.3) is 5.57 Å². The second-order valence-electron chi connectivity index (χ2n) is 3.23. The lowest BCUT2D eigenvalue weighted by Crippen LogP contribution is -2.16. The molecule has 0 radical (unpaired) electrons. The van der Waals surface area contributed by atoms with Crippen LogP contribution in [0.1, 0.15) is 11.1 Å². The molecule has 0 aliphatic carbocycles. The Morgan fingerprint density at radius 3 is 2.92 bits per heavy atom. The first-order valence-electron chi connectivity index (χ1n) is 4.21. The smallest absolute Gasteiger partial charge is 0.101 e. The Labute approximate surface area is 77.7 Å². The minimum Gasteiger partial charge on any atom is -0.375 e. The van der Waals surface area contributed by atoms with Crippen molar-refractivity contribution in [1.29, 1.82) is 5.26 Å². The van der Waals surface area contributed by atoms with E-state index in [4.69, 9.17) is 5.26 Å². The molecule has 0 spiro atoms. The summed E-state index contributed by atoms with van der Waals surface area (Å²) in [7, 11) is 1.98. The van der Waals surface area contributed by atoms with E-state index in [-0.39, 0.29) is 0 Å². The minimum absolute atomic E-state index is 0.754. The molecule has 64 valence electrons. The summed E-state index contributed by atoms with van der Waals surface area (Å²) in [5.41, 5.74) is 3.05. The van der Waals surface area contributed by atoms with E-state index in [2.05, 4.69) is 12.1 Å². The van der Waals surface area contributed by atoms with Gasteiger partial charge in [0.05, 0.1) is 5.57 Å². The fraction of sp³-hybridized carbons (Fsp3) is 0.182. The second-order valence-corrected chi connectivity index (χ2v) is 3.23. The Morgan fingerprint density at radius 1 is 1.38 bits per heavy atom. The van der Waals surface area contributed by atoms with Gasteiger partial charge >= 0.3 is 0 Å². The second kappa shape index (κ2) is 2.95. The molecule has 0 fully saturated rings. The molecule has 2 nitrogen and oxygen atoms in total. The molecule has 0 aromatic heterocycles. The van der Waals surface area contributed by atoms with Crippen molar-refractivity contribution in [3.8, 4) is 6.07 Å². The normalized spacial score (nSPS) is 14.5. The SMILES string of the molecule is CN1C=C(C#N)c2ccccc2C1. The van der Waals surface area contributed by atoms with Gasteiger partial charge in [0.25, 0.3) is 0 Å². The van der Waals surface area contributed by atoms with E-state index in [0.29, 0.717) is 0 Å². The Balaban J connectivity index is 2.57. The summed E-state index contributed by atoms with van der Waals surface area (Å²) in [6.07, 6.45) is 1.89. The van der Waals surface area contributed by atoms with Gasteiger partial charge in [-0.1, -0.05) is 24.3 Å². The van der Waals surface area contributed by atoms with Gasteiger partial charge in [-0.3, -0.25) is 0 Å². The lowest BCUT2D eigenvalue weighted by molar-refractivity contribution is 0.446. The van der Waals surface area contributed by atoms with Gasteiger partial charge in [-0.05, 0) is 11.1 Å². The Kier molecular flexibility index (Phi) is 1.79. The number of benzene rings is 1. The first-order valence-corrected chi connectivity index (χ1v) is 4.21. The highest BCUT2D eigenvalue weighted by Gasteiger charge is 2.13. The lowest BCUT2D eigenvalue weighted by Gasteiger charge is -2.22. The molecule has 2 heteroatoms. The maximum atomic E-state index is 8.91. The number of rotatable bonds is 0. The van der Waals surface area contributed by atoms with Crippen LogP contribution in [0.3, 0.4) is 0 Å². The topological polar surface area (TPSA) is 27.0 Å². The molecule has 1 aromatic rings. The predicted octanol–water partition coefficient (Wildman–Crippen LogP) is 2.00. The predicted molar refractivity (Wildman–Crippen MR) is 51.5 cm³/mol.